The second-order valence-corrected chi connectivity index (χ2v) is 8.05. The first-order valence-electron chi connectivity index (χ1n) is 9.34. The van der Waals surface area contributed by atoms with Gasteiger partial charge in [-0.25, -0.2) is 4.39 Å². The van der Waals surface area contributed by atoms with Gasteiger partial charge in [-0.3, -0.25) is 10.1 Å². The molecule has 9 heteroatoms. The minimum absolute atomic E-state index is 0.0933. The maximum Gasteiger partial charge on any atom is 0.407 e. The van der Waals surface area contributed by atoms with Gasteiger partial charge in [-0.15, -0.1) is 0 Å². The second-order valence-electron chi connectivity index (χ2n) is 7.61. The van der Waals surface area contributed by atoms with Crippen molar-refractivity contribution in [2.45, 2.75) is 50.8 Å². The van der Waals surface area contributed by atoms with Crippen molar-refractivity contribution in [3.63, 3.8) is 0 Å². The number of allylic oxidation sites excluding steroid dienone is 2. The fourth-order valence-electron chi connectivity index (χ4n) is 3.37. The van der Waals surface area contributed by atoms with Crippen molar-refractivity contribution in [3.05, 3.63) is 52.6 Å². The second kappa shape index (κ2) is 9.49. The average Bonchev–Trinajstić information content (AvgIpc) is 2.62. The van der Waals surface area contributed by atoms with Gasteiger partial charge in [0.1, 0.15) is 12.1 Å². The molecule has 2 rings (SSSR count). The molecule has 0 fully saturated rings. The van der Waals surface area contributed by atoms with Gasteiger partial charge in [-0.1, -0.05) is 49.7 Å². The van der Waals surface area contributed by atoms with E-state index in [0.717, 1.165) is 19.3 Å². The molecule has 1 aromatic carbocycles. The normalized spacial score (nSPS) is 21.7. The molecule has 0 bridgehead atoms. The van der Waals surface area contributed by atoms with Crippen molar-refractivity contribution in [1.82, 2.24) is 5.32 Å². The smallest absolute Gasteiger partial charge is 0.407 e. The van der Waals surface area contributed by atoms with Crippen LogP contribution >= 0.6 is 11.6 Å². The summed E-state index contributed by atoms with van der Waals surface area (Å²) in [4.78, 5) is 12.0. The molecule has 1 aliphatic carbocycles. The Morgan fingerprint density at radius 3 is 2.50 bits per heavy atom. The molecule has 0 amide bonds. The van der Waals surface area contributed by atoms with Crippen molar-refractivity contribution in [3.8, 4) is 0 Å². The van der Waals surface area contributed by atoms with E-state index in [1.165, 1.54) is 12.1 Å². The van der Waals surface area contributed by atoms with E-state index in [1.54, 1.807) is 26.0 Å². The van der Waals surface area contributed by atoms with Crippen molar-refractivity contribution in [1.29, 1.82) is 0 Å². The van der Waals surface area contributed by atoms with Crippen molar-refractivity contribution >= 4 is 23.1 Å². The Morgan fingerprint density at radius 1 is 1.33 bits per heavy atom. The van der Waals surface area contributed by atoms with Gasteiger partial charge in [-0.05, 0) is 35.6 Å². The van der Waals surface area contributed by atoms with Gasteiger partial charge < -0.3 is 9.84 Å². The highest BCUT2D eigenvalue weighted by Gasteiger charge is 2.48. The summed E-state index contributed by atoms with van der Waals surface area (Å²) in [6.45, 7) is 3.50. The zero-order valence-corrected chi connectivity index (χ0v) is 17.5. The van der Waals surface area contributed by atoms with Gasteiger partial charge in [-0.2, -0.15) is 13.2 Å². The minimum Gasteiger partial charge on any atom is -0.468 e. The monoisotopic (exact) mass is 449 g/mol. The largest absolute Gasteiger partial charge is 0.468 e. The van der Waals surface area contributed by atoms with E-state index in [9.17, 15) is 23.1 Å². The number of halogens is 5. The summed E-state index contributed by atoms with van der Waals surface area (Å²) >= 11 is 5.89. The van der Waals surface area contributed by atoms with Gasteiger partial charge in [0.2, 0.25) is 5.85 Å². The molecule has 2 N–H and O–H groups in total. The average molecular weight is 450 g/mol. The van der Waals surface area contributed by atoms with Crippen molar-refractivity contribution in [2.75, 3.05) is 7.11 Å². The molecular weight excluding hydrogens is 426 g/mol. The summed E-state index contributed by atoms with van der Waals surface area (Å²) in [6.07, 6.45) is -3.44. The summed E-state index contributed by atoms with van der Waals surface area (Å²) in [5.74, 6) is -3.98. The van der Waals surface area contributed by atoms with Crippen LogP contribution < -0.4 is 5.32 Å². The van der Waals surface area contributed by atoms with E-state index in [-0.39, 0.29) is 23.5 Å². The maximum atomic E-state index is 15.0. The van der Waals surface area contributed by atoms with Crippen LogP contribution in [0.15, 0.2) is 42.0 Å². The predicted octanol–water partition coefficient (Wildman–Crippen LogP) is 4.82. The molecule has 0 aromatic heterocycles. The summed E-state index contributed by atoms with van der Waals surface area (Å²) in [6, 6.07) is 2.43. The zero-order valence-electron chi connectivity index (χ0n) is 16.8. The molecule has 4 nitrogen and oxygen atoms in total. The van der Waals surface area contributed by atoms with Crippen LogP contribution in [-0.2, 0) is 9.53 Å². The van der Waals surface area contributed by atoms with Gasteiger partial charge in [0.05, 0.1) is 7.11 Å². The number of nitrogens with one attached hydrogen (secondary N) is 1. The van der Waals surface area contributed by atoms with Crippen molar-refractivity contribution in [2.24, 2.45) is 5.92 Å². The van der Waals surface area contributed by atoms with E-state index in [4.69, 9.17) is 11.6 Å². The van der Waals surface area contributed by atoms with Gasteiger partial charge in [0, 0.05) is 17.0 Å². The number of hydrogen-bond donors (Lipinski definition) is 2. The number of methoxy groups -OCH3 is 1. The topological polar surface area (TPSA) is 58.6 Å². The number of carbonyl (C=O) groups is 1. The third-order valence-corrected chi connectivity index (χ3v) is 4.94. The lowest BCUT2D eigenvalue weighted by molar-refractivity contribution is -0.158. The Morgan fingerprint density at radius 2 is 2.00 bits per heavy atom. The molecule has 0 aliphatic heterocycles. The van der Waals surface area contributed by atoms with E-state index >= 15 is 4.39 Å². The Balaban J connectivity index is 2.41. The highest BCUT2D eigenvalue weighted by atomic mass is 35.5. The summed E-state index contributed by atoms with van der Waals surface area (Å²) < 4.78 is 61.0. The lowest BCUT2D eigenvalue weighted by Gasteiger charge is -2.34. The number of aliphatic hydroxyl groups is 1. The fraction of sp³-hybridized carbons (Fsp3) is 0.476. The number of alkyl halides is 4. The standard InChI is InChI=1S/C21H24ClF4NO3/c1-12(2)9-17(19(28)30-3)27-18(21(24,25)26)14-7-8-16(20(23,29)11-14)13-5-4-6-15(22)10-13/h4-8,10,12,17-18,27,29H,9,11H2,1-3H3. The number of ether oxygens (including phenoxy) is 1. The highest BCUT2D eigenvalue weighted by molar-refractivity contribution is 6.30. The van der Waals surface area contributed by atoms with Crippen LogP contribution in [-0.4, -0.2) is 42.3 Å². The maximum absolute atomic E-state index is 15.0. The zero-order chi connectivity index (χ0) is 22.7. The molecule has 3 unspecified atom stereocenters. The molecule has 0 saturated heterocycles. The molecule has 0 radical (unpaired) electrons. The van der Waals surface area contributed by atoms with E-state index in [1.807, 2.05) is 0 Å². The van der Waals surface area contributed by atoms with Crippen LogP contribution in [0.4, 0.5) is 17.6 Å². The predicted molar refractivity (Wildman–Crippen MR) is 106 cm³/mol. The minimum atomic E-state index is -4.83. The quantitative estimate of drug-likeness (QED) is 0.463. The highest BCUT2D eigenvalue weighted by Crippen LogP contribution is 2.41. The van der Waals surface area contributed by atoms with Gasteiger partial charge in [0.15, 0.2) is 0 Å². The molecule has 30 heavy (non-hydrogen) atoms. The van der Waals surface area contributed by atoms with Crippen LogP contribution in [0, 0.1) is 5.92 Å². The van der Waals surface area contributed by atoms with Crippen LogP contribution in [0.25, 0.3) is 5.57 Å². The first-order valence-corrected chi connectivity index (χ1v) is 9.72. The van der Waals surface area contributed by atoms with E-state index in [0.29, 0.717) is 5.02 Å². The molecular formula is C21H24ClF4NO3. The van der Waals surface area contributed by atoms with Gasteiger partial charge in [0.25, 0.3) is 0 Å². The molecule has 1 aromatic rings. The van der Waals surface area contributed by atoms with Gasteiger partial charge >= 0.3 is 12.1 Å². The third-order valence-electron chi connectivity index (χ3n) is 4.71. The summed E-state index contributed by atoms with van der Waals surface area (Å²) in [5.41, 5.74) is -0.371. The number of esters is 1. The van der Waals surface area contributed by atoms with E-state index in [2.05, 4.69) is 10.1 Å². The Labute approximate surface area is 177 Å². The van der Waals surface area contributed by atoms with E-state index < -0.39 is 42.1 Å². The third kappa shape index (κ3) is 6.06. The van der Waals surface area contributed by atoms with Crippen LogP contribution in [0.1, 0.15) is 32.3 Å². The molecule has 0 heterocycles. The SMILES string of the molecule is COC(=O)C(CC(C)C)NC(C1=CC=C(c2cccc(Cl)c2)C(O)(F)C1)C(F)(F)F. The number of rotatable bonds is 7. The van der Waals surface area contributed by atoms with Crippen molar-refractivity contribution < 1.29 is 32.2 Å². The first kappa shape index (κ1) is 24.4. The Hall–Kier alpha value is -1.90. The van der Waals surface area contributed by atoms with Crippen LogP contribution in [0.3, 0.4) is 0 Å². The lowest BCUT2D eigenvalue weighted by atomic mass is 9.85. The Bertz CT molecular complexity index is 834. The molecule has 0 spiro atoms. The first-order chi connectivity index (χ1) is 13.8. The van der Waals surface area contributed by atoms with Crippen LogP contribution in [0.5, 0.6) is 0 Å². The number of carbonyl (C=O) groups excluding carboxylic acids is 1. The Kier molecular flexibility index (Phi) is 7.71. The number of benzene rings is 1. The molecule has 166 valence electrons. The summed E-state index contributed by atoms with van der Waals surface area (Å²) in [7, 11) is 1.08. The lowest BCUT2D eigenvalue weighted by Crippen LogP contribution is -2.53. The molecule has 0 saturated carbocycles. The van der Waals surface area contributed by atoms with Crippen LogP contribution in [0.2, 0.25) is 5.02 Å². The molecule has 1 aliphatic rings. The fourth-order valence-corrected chi connectivity index (χ4v) is 3.56. The number of hydrogen-bond acceptors (Lipinski definition) is 4. The summed E-state index contributed by atoms with van der Waals surface area (Å²) in [5, 5.41) is 12.8. The molecule has 3 atom stereocenters.